The third-order valence-corrected chi connectivity index (χ3v) is 4.44. The number of nitrogens with one attached hydrogen (secondary N) is 1. The number of likely N-dealkylation sites (tertiary alicyclic amines) is 1. The monoisotopic (exact) mass is 370 g/mol. The summed E-state index contributed by atoms with van der Waals surface area (Å²) < 4.78 is 13.9. The molecule has 0 saturated carbocycles. The van der Waals surface area contributed by atoms with Gasteiger partial charge in [0.15, 0.2) is 0 Å². The zero-order valence-corrected chi connectivity index (χ0v) is 15.0. The second kappa shape index (κ2) is 7.55. The number of amides is 1. The molecular weight excluding hydrogens is 347 g/mol. The smallest absolute Gasteiger partial charge is 0.251 e. The lowest BCUT2D eigenvalue weighted by atomic mass is 9.92. The highest BCUT2D eigenvalue weighted by Gasteiger charge is 2.23. The maximum Gasteiger partial charge on any atom is 0.251 e. The van der Waals surface area contributed by atoms with Crippen molar-refractivity contribution >= 4 is 21.8 Å². The molecule has 0 bridgehead atoms. The molecule has 1 aromatic rings. The van der Waals surface area contributed by atoms with Crippen LogP contribution >= 0.6 is 15.9 Å². The van der Waals surface area contributed by atoms with Crippen LogP contribution in [0.4, 0.5) is 4.39 Å². The minimum Gasteiger partial charge on any atom is -0.348 e. The van der Waals surface area contributed by atoms with Gasteiger partial charge in [0.25, 0.3) is 5.91 Å². The van der Waals surface area contributed by atoms with Crippen molar-refractivity contribution in [3.05, 3.63) is 34.1 Å². The molecule has 0 aromatic heterocycles. The summed E-state index contributed by atoms with van der Waals surface area (Å²) in [6.45, 7) is 9.53. The van der Waals surface area contributed by atoms with Crippen molar-refractivity contribution in [3.8, 4) is 0 Å². The third kappa shape index (κ3) is 5.06. The molecule has 3 unspecified atom stereocenters. The first-order valence-electron chi connectivity index (χ1n) is 7.82. The second-order valence-electron chi connectivity index (χ2n) is 6.70. The summed E-state index contributed by atoms with van der Waals surface area (Å²) in [6, 6.07) is 4.28. The fourth-order valence-corrected chi connectivity index (χ4v) is 3.83. The summed E-state index contributed by atoms with van der Waals surface area (Å²) in [5.74, 6) is 0.758. The zero-order chi connectivity index (χ0) is 16.3. The number of rotatable bonds is 4. The standard InChI is InChI=1S/C17H24BrFN2O/c1-11-4-12(2)9-21(8-11)10-13(3)20-17(22)14-5-15(18)7-16(19)6-14/h5-7,11-13H,4,8-10H2,1-3H3,(H,20,22). The van der Waals surface area contributed by atoms with Crippen molar-refractivity contribution in [2.45, 2.75) is 33.2 Å². The molecular formula is C17H24BrFN2O. The largest absolute Gasteiger partial charge is 0.348 e. The molecule has 3 atom stereocenters. The normalized spacial score (nSPS) is 24.0. The first kappa shape index (κ1) is 17.4. The summed E-state index contributed by atoms with van der Waals surface area (Å²) in [5, 5.41) is 2.96. The van der Waals surface area contributed by atoms with Gasteiger partial charge in [-0.05, 0) is 43.4 Å². The SMILES string of the molecule is CC1CC(C)CN(CC(C)NC(=O)c2cc(F)cc(Br)c2)C1. The molecule has 22 heavy (non-hydrogen) atoms. The van der Waals surface area contributed by atoms with E-state index in [4.69, 9.17) is 0 Å². The Balaban J connectivity index is 1.91. The van der Waals surface area contributed by atoms with Crippen LogP contribution in [0.2, 0.25) is 0 Å². The molecule has 0 radical (unpaired) electrons. The lowest BCUT2D eigenvalue weighted by Crippen LogP contribution is -2.47. The number of halogens is 2. The molecule has 1 aliphatic heterocycles. The Morgan fingerprint density at radius 3 is 2.59 bits per heavy atom. The Morgan fingerprint density at radius 1 is 1.36 bits per heavy atom. The van der Waals surface area contributed by atoms with Crippen LogP contribution in [0.15, 0.2) is 22.7 Å². The Bertz CT molecular complexity index is 507. The fourth-order valence-electron chi connectivity index (χ4n) is 3.37. The second-order valence-corrected chi connectivity index (χ2v) is 7.61. The summed E-state index contributed by atoms with van der Waals surface area (Å²) in [7, 11) is 0. The van der Waals surface area contributed by atoms with Gasteiger partial charge in [-0.15, -0.1) is 0 Å². The number of hydrogen-bond donors (Lipinski definition) is 1. The van der Waals surface area contributed by atoms with Gasteiger partial charge < -0.3 is 10.2 Å². The van der Waals surface area contributed by atoms with Crippen LogP contribution in [0.3, 0.4) is 0 Å². The molecule has 1 aliphatic rings. The maximum atomic E-state index is 13.4. The molecule has 122 valence electrons. The van der Waals surface area contributed by atoms with Gasteiger partial charge in [-0.3, -0.25) is 4.79 Å². The lowest BCUT2D eigenvalue weighted by molar-refractivity contribution is 0.0904. The Kier molecular flexibility index (Phi) is 5.98. The van der Waals surface area contributed by atoms with Crippen LogP contribution in [-0.2, 0) is 0 Å². The predicted molar refractivity (Wildman–Crippen MR) is 90.4 cm³/mol. The van der Waals surface area contributed by atoms with Crippen molar-refractivity contribution in [1.82, 2.24) is 10.2 Å². The van der Waals surface area contributed by atoms with Crippen molar-refractivity contribution in [3.63, 3.8) is 0 Å². The Labute approximate surface area is 140 Å². The highest BCUT2D eigenvalue weighted by Crippen LogP contribution is 2.21. The highest BCUT2D eigenvalue weighted by molar-refractivity contribution is 9.10. The summed E-state index contributed by atoms with van der Waals surface area (Å²) in [5.41, 5.74) is 0.346. The fraction of sp³-hybridized carbons (Fsp3) is 0.588. The molecule has 0 aliphatic carbocycles. The molecule has 1 fully saturated rings. The van der Waals surface area contributed by atoms with E-state index < -0.39 is 5.82 Å². The van der Waals surface area contributed by atoms with Crippen molar-refractivity contribution in [1.29, 1.82) is 0 Å². The van der Waals surface area contributed by atoms with Crippen molar-refractivity contribution in [2.24, 2.45) is 11.8 Å². The minimum atomic E-state index is -0.411. The molecule has 1 amide bonds. The van der Waals surface area contributed by atoms with Crippen LogP contribution in [0.5, 0.6) is 0 Å². The van der Waals surface area contributed by atoms with E-state index >= 15 is 0 Å². The van der Waals surface area contributed by atoms with E-state index in [1.807, 2.05) is 6.92 Å². The number of piperidine rings is 1. The third-order valence-electron chi connectivity index (χ3n) is 3.98. The lowest BCUT2D eigenvalue weighted by Gasteiger charge is -2.36. The molecule has 3 nitrogen and oxygen atoms in total. The average Bonchev–Trinajstić information content (AvgIpc) is 2.35. The molecule has 1 saturated heterocycles. The first-order chi connectivity index (χ1) is 10.3. The zero-order valence-electron chi connectivity index (χ0n) is 13.4. The highest BCUT2D eigenvalue weighted by atomic mass is 79.9. The van der Waals surface area contributed by atoms with Crippen molar-refractivity contribution in [2.75, 3.05) is 19.6 Å². The number of benzene rings is 1. The van der Waals surface area contributed by atoms with E-state index in [9.17, 15) is 9.18 Å². The Hall–Kier alpha value is -0.940. The Morgan fingerprint density at radius 2 is 2.00 bits per heavy atom. The molecule has 1 heterocycles. The van der Waals surface area contributed by atoms with Crippen LogP contribution < -0.4 is 5.32 Å². The van der Waals surface area contributed by atoms with Crippen LogP contribution in [0.1, 0.15) is 37.6 Å². The van der Waals surface area contributed by atoms with Crippen molar-refractivity contribution < 1.29 is 9.18 Å². The van der Waals surface area contributed by atoms with Gasteiger partial charge in [0, 0.05) is 35.7 Å². The van der Waals surface area contributed by atoms with Gasteiger partial charge >= 0.3 is 0 Å². The maximum absolute atomic E-state index is 13.4. The summed E-state index contributed by atoms with van der Waals surface area (Å²) >= 11 is 3.21. The predicted octanol–water partition coefficient (Wildman–Crippen LogP) is 3.68. The van der Waals surface area contributed by atoms with E-state index in [1.165, 1.54) is 18.6 Å². The molecule has 0 spiro atoms. The van der Waals surface area contributed by atoms with Gasteiger partial charge in [0.1, 0.15) is 5.82 Å². The summed E-state index contributed by atoms with van der Waals surface area (Å²) in [6.07, 6.45) is 1.27. The van der Waals surface area contributed by atoms with Gasteiger partial charge in [0.05, 0.1) is 0 Å². The van der Waals surface area contributed by atoms with Gasteiger partial charge in [-0.1, -0.05) is 29.8 Å². The van der Waals surface area contributed by atoms with Gasteiger partial charge in [0.2, 0.25) is 0 Å². The van der Waals surface area contributed by atoms with Crippen LogP contribution in [0, 0.1) is 17.7 Å². The number of carbonyl (C=O) groups is 1. The van der Waals surface area contributed by atoms with E-state index in [0.717, 1.165) is 19.6 Å². The van der Waals surface area contributed by atoms with Gasteiger partial charge in [-0.25, -0.2) is 4.39 Å². The quantitative estimate of drug-likeness (QED) is 0.876. The topological polar surface area (TPSA) is 32.3 Å². The molecule has 2 rings (SSSR count). The minimum absolute atomic E-state index is 0.0343. The molecule has 5 heteroatoms. The molecule has 1 aromatic carbocycles. The van der Waals surface area contributed by atoms with Crippen LogP contribution in [-0.4, -0.2) is 36.5 Å². The number of hydrogen-bond acceptors (Lipinski definition) is 2. The van der Waals surface area contributed by atoms with E-state index in [0.29, 0.717) is 21.9 Å². The summed E-state index contributed by atoms with van der Waals surface area (Å²) in [4.78, 5) is 14.6. The molecule has 1 N–H and O–H groups in total. The van der Waals surface area contributed by atoms with E-state index in [2.05, 4.69) is 40.0 Å². The van der Waals surface area contributed by atoms with E-state index in [-0.39, 0.29) is 11.9 Å². The number of carbonyl (C=O) groups excluding carboxylic acids is 1. The number of nitrogens with zero attached hydrogens (tertiary/aromatic N) is 1. The first-order valence-corrected chi connectivity index (χ1v) is 8.62. The van der Waals surface area contributed by atoms with E-state index in [1.54, 1.807) is 6.07 Å². The van der Waals surface area contributed by atoms with Gasteiger partial charge in [-0.2, -0.15) is 0 Å². The average molecular weight is 371 g/mol. The van der Waals surface area contributed by atoms with Crippen LogP contribution in [0.25, 0.3) is 0 Å².